The van der Waals surface area contributed by atoms with Gasteiger partial charge in [0.2, 0.25) is 0 Å². The van der Waals surface area contributed by atoms with Crippen LogP contribution in [0.1, 0.15) is 43.2 Å². The number of nitrogens with two attached hydrogens (primary N) is 1. The van der Waals surface area contributed by atoms with E-state index in [4.69, 9.17) is 10.9 Å². The van der Waals surface area contributed by atoms with Crippen LogP contribution in [0, 0.1) is 5.82 Å². The molecule has 0 heterocycles. The SMILES string of the molecule is N/C(=N/O)c1cc(F)ccc1CNC1CCCCCC1O. The summed E-state index contributed by atoms with van der Waals surface area (Å²) in [5.41, 5.74) is 6.69. The van der Waals surface area contributed by atoms with Crippen molar-refractivity contribution in [3.63, 3.8) is 0 Å². The molecule has 0 aromatic heterocycles. The van der Waals surface area contributed by atoms with E-state index in [1.807, 2.05) is 0 Å². The zero-order chi connectivity index (χ0) is 15.2. The zero-order valence-electron chi connectivity index (χ0n) is 11.9. The van der Waals surface area contributed by atoms with Crippen molar-refractivity contribution < 1.29 is 14.7 Å². The molecule has 1 aromatic carbocycles. The van der Waals surface area contributed by atoms with E-state index in [1.165, 1.54) is 12.1 Å². The van der Waals surface area contributed by atoms with E-state index in [-0.39, 0.29) is 18.0 Å². The molecule has 1 aliphatic carbocycles. The summed E-state index contributed by atoms with van der Waals surface area (Å²) in [5.74, 6) is -0.553. The van der Waals surface area contributed by atoms with Crippen LogP contribution in [0.25, 0.3) is 0 Å². The first-order chi connectivity index (χ1) is 10.1. The molecule has 21 heavy (non-hydrogen) atoms. The summed E-state index contributed by atoms with van der Waals surface area (Å²) in [6.45, 7) is 0.438. The Morgan fingerprint density at radius 1 is 1.33 bits per heavy atom. The molecule has 2 atom stereocenters. The minimum atomic E-state index is -0.435. The van der Waals surface area contributed by atoms with Gasteiger partial charge in [-0.25, -0.2) is 4.39 Å². The van der Waals surface area contributed by atoms with Crippen LogP contribution in [0.15, 0.2) is 23.4 Å². The Balaban J connectivity index is 2.08. The van der Waals surface area contributed by atoms with Gasteiger partial charge in [-0.3, -0.25) is 0 Å². The minimum absolute atomic E-state index is 0.0256. The molecule has 2 rings (SSSR count). The van der Waals surface area contributed by atoms with E-state index in [0.717, 1.165) is 37.7 Å². The summed E-state index contributed by atoms with van der Waals surface area (Å²) in [5, 5.41) is 25.1. The first-order valence-electron chi connectivity index (χ1n) is 7.29. The highest BCUT2D eigenvalue weighted by atomic mass is 19.1. The van der Waals surface area contributed by atoms with Crippen molar-refractivity contribution in [1.82, 2.24) is 5.32 Å². The van der Waals surface area contributed by atoms with Crippen LogP contribution >= 0.6 is 0 Å². The van der Waals surface area contributed by atoms with Crippen LogP contribution in [-0.4, -0.2) is 28.3 Å². The number of nitrogens with zero attached hydrogens (tertiary/aromatic N) is 1. The van der Waals surface area contributed by atoms with E-state index < -0.39 is 5.82 Å². The molecule has 1 aromatic rings. The normalized spacial score (nSPS) is 23.8. The van der Waals surface area contributed by atoms with Crippen LogP contribution in [0.4, 0.5) is 4.39 Å². The van der Waals surface area contributed by atoms with Gasteiger partial charge < -0.3 is 21.4 Å². The number of hydrogen-bond acceptors (Lipinski definition) is 4. The molecule has 6 heteroatoms. The van der Waals surface area contributed by atoms with Crippen LogP contribution < -0.4 is 11.1 Å². The number of nitrogens with one attached hydrogen (secondary N) is 1. The third-order valence-corrected chi connectivity index (χ3v) is 3.99. The van der Waals surface area contributed by atoms with Crippen LogP contribution in [0.5, 0.6) is 0 Å². The van der Waals surface area contributed by atoms with Gasteiger partial charge in [0.1, 0.15) is 5.82 Å². The lowest BCUT2D eigenvalue weighted by atomic mass is 10.0. The molecule has 2 unspecified atom stereocenters. The molecule has 5 nitrogen and oxygen atoms in total. The van der Waals surface area contributed by atoms with Gasteiger partial charge in [0, 0.05) is 18.2 Å². The largest absolute Gasteiger partial charge is 0.409 e. The smallest absolute Gasteiger partial charge is 0.170 e. The highest BCUT2D eigenvalue weighted by molar-refractivity contribution is 5.98. The van der Waals surface area contributed by atoms with Crippen molar-refractivity contribution in [2.75, 3.05) is 0 Å². The van der Waals surface area contributed by atoms with Crippen LogP contribution in [-0.2, 0) is 6.54 Å². The van der Waals surface area contributed by atoms with Gasteiger partial charge in [-0.05, 0) is 30.5 Å². The number of hydrogen-bond donors (Lipinski definition) is 4. The van der Waals surface area contributed by atoms with Gasteiger partial charge in [-0.15, -0.1) is 0 Å². The Morgan fingerprint density at radius 2 is 2.10 bits per heavy atom. The van der Waals surface area contributed by atoms with Crippen molar-refractivity contribution in [2.45, 2.75) is 50.8 Å². The van der Waals surface area contributed by atoms with Gasteiger partial charge in [0.15, 0.2) is 5.84 Å². The Morgan fingerprint density at radius 3 is 2.86 bits per heavy atom. The molecule has 1 fully saturated rings. The molecule has 1 aliphatic rings. The molecule has 0 spiro atoms. The average molecular weight is 295 g/mol. The lowest BCUT2D eigenvalue weighted by Crippen LogP contribution is -2.39. The second-order valence-electron chi connectivity index (χ2n) is 5.48. The Bertz CT molecular complexity index is 508. The standard InChI is InChI=1S/C15H22FN3O2/c16-11-7-6-10(12(8-11)15(17)19-21)9-18-13-4-2-1-3-5-14(13)20/h6-8,13-14,18,20-21H,1-5,9H2,(H2,17,19). The Hall–Kier alpha value is -1.66. The number of benzene rings is 1. The van der Waals surface area contributed by atoms with Crippen LogP contribution in [0.3, 0.4) is 0 Å². The summed E-state index contributed by atoms with van der Waals surface area (Å²) >= 11 is 0. The summed E-state index contributed by atoms with van der Waals surface area (Å²) in [6, 6.07) is 4.22. The number of aliphatic hydroxyl groups is 1. The van der Waals surface area contributed by atoms with Crippen molar-refractivity contribution in [2.24, 2.45) is 10.9 Å². The summed E-state index contributed by atoms with van der Waals surface area (Å²) in [4.78, 5) is 0. The third-order valence-electron chi connectivity index (χ3n) is 3.99. The van der Waals surface area contributed by atoms with E-state index >= 15 is 0 Å². The molecular formula is C15H22FN3O2. The molecule has 5 N–H and O–H groups in total. The maximum atomic E-state index is 13.3. The zero-order valence-corrected chi connectivity index (χ0v) is 11.9. The fourth-order valence-electron chi connectivity index (χ4n) is 2.76. The van der Waals surface area contributed by atoms with Crippen molar-refractivity contribution in [3.05, 3.63) is 35.1 Å². The van der Waals surface area contributed by atoms with Gasteiger partial charge >= 0.3 is 0 Å². The topological polar surface area (TPSA) is 90.9 Å². The molecule has 0 amide bonds. The fraction of sp³-hybridized carbons (Fsp3) is 0.533. The molecule has 0 radical (unpaired) electrons. The summed E-state index contributed by atoms with van der Waals surface area (Å²) in [7, 11) is 0. The second kappa shape index (κ2) is 7.38. The number of oxime groups is 1. The summed E-state index contributed by atoms with van der Waals surface area (Å²) < 4.78 is 13.3. The minimum Gasteiger partial charge on any atom is -0.409 e. The van der Waals surface area contributed by atoms with Gasteiger partial charge in [0.25, 0.3) is 0 Å². The predicted molar refractivity (Wildman–Crippen MR) is 78.6 cm³/mol. The summed E-state index contributed by atoms with van der Waals surface area (Å²) in [6.07, 6.45) is 4.63. The van der Waals surface area contributed by atoms with E-state index in [2.05, 4.69) is 10.5 Å². The Labute approximate surface area is 123 Å². The third kappa shape index (κ3) is 4.15. The van der Waals surface area contributed by atoms with Crippen molar-refractivity contribution in [1.29, 1.82) is 0 Å². The molecule has 0 saturated heterocycles. The van der Waals surface area contributed by atoms with E-state index in [1.54, 1.807) is 6.07 Å². The molecule has 116 valence electrons. The highest BCUT2D eigenvalue weighted by Crippen LogP contribution is 2.19. The molecule has 0 aliphatic heterocycles. The first kappa shape index (κ1) is 15.7. The molecular weight excluding hydrogens is 273 g/mol. The Kier molecular flexibility index (Phi) is 5.52. The maximum absolute atomic E-state index is 13.3. The molecule has 0 bridgehead atoms. The molecule has 1 saturated carbocycles. The van der Waals surface area contributed by atoms with Gasteiger partial charge in [-0.1, -0.05) is 30.5 Å². The van der Waals surface area contributed by atoms with Crippen LogP contribution in [0.2, 0.25) is 0 Å². The first-order valence-corrected chi connectivity index (χ1v) is 7.29. The predicted octanol–water partition coefficient (Wildman–Crippen LogP) is 1.70. The number of halogens is 1. The van der Waals surface area contributed by atoms with Gasteiger partial charge in [-0.2, -0.15) is 0 Å². The number of amidine groups is 1. The van der Waals surface area contributed by atoms with E-state index in [9.17, 15) is 9.50 Å². The second-order valence-corrected chi connectivity index (χ2v) is 5.48. The van der Waals surface area contributed by atoms with Gasteiger partial charge in [0.05, 0.1) is 6.10 Å². The average Bonchev–Trinajstić information content (AvgIpc) is 2.69. The van der Waals surface area contributed by atoms with Crippen molar-refractivity contribution >= 4 is 5.84 Å². The lowest BCUT2D eigenvalue weighted by Gasteiger charge is -2.22. The quantitative estimate of drug-likeness (QED) is 0.224. The fourth-order valence-corrected chi connectivity index (χ4v) is 2.76. The lowest BCUT2D eigenvalue weighted by molar-refractivity contribution is 0.119. The number of aliphatic hydroxyl groups excluding tert-OH is 1. The maximum Gasteiger partial charge on any atom is 0.170 e. The van der Waals surface area contributed by atoms with E-state index in [0.29, 0.717) is 12.1 Å². The highest BCUT2D eigenvalue weighted by Gasteiger charge is 2.21. The van der Waals surface area contributed by atoms with Crippen molar-refractivity contribution in [3.8, 4) is 0 Å². The number of rotatable bonds is 4. The monoisotopic (exact) mass is 295 g/mol.